The summed E-state index contributed by atoms with van der Waals surface area (Å²) in [7, 11) is 0. The van der Waals surface area contributed by atoms with Crippen LogP contribution in [-0.4, -0.2) is 23.7 Å². The van der Waals surface area contributed by atoms with Crippen molar-refractivity contribution in [2.75, 3.05) is 6.54 Å². The Morgan fingerprint density at radius 2 is 2.18 bits per heavy atom. The third kappa shape index (κ3) is 3.02. The average molecular weight is 307 g/mol. The highest BCUT2D eigenvalue weighted by Crippen LogP contribution is 2.44. The van der Waals surface area contributed by atoms with Gasteiger partial charge in [0.15, 0.2) is 0 Å². The molecular formula is C18H26FNO2. The van der Waals surface area contributed by atoms with Crippen molar-refractivity contribution in [3.05, 3.63) is 35.6 Å². The Balaban J connectivity index is 2.13. The van der Waals surface area contributed by atoms with Crippen molar-refractivity contribution in [2.45, 2.75) is 58.0 Å². The number of hydrogen-bond donors (Lipinski definition) is 2. The molecule has 1 amide bonds. The van der Waals surface area contributed by atoms with Crippen LogP contribution in [0, 0.1) is 11.2 Å². The fourth-order valence-corrected chi connectivity index (χ4v) is 2.98. The summed E-state index contributed by atoms with van der Waals surface area (Å²) in [5, 5.41) is 12.9. The van der Waals surface area contributed by atoms with Gasteiger partial charge in [-0.25, -0.2) is 4.39 Å². The van der Waals surface area contributed by atoms with Crippen LogP contribution >= 0.6 is 0 Å². The number of hydrogen-bond acceptors (Lipinski definition) is 2. The molecule has 1 aromatic carbocycles. The van der Waals surface area contributed by atoms with Gasteiger partial charge in [0, 0.05) is 12.0 Å². The fraction of sp³-hybridized carbons (Fsp3) is 0.611. The molecule has 1 fully saturated rings. The predicted molar refractivity (Wildman–Crippen MR) is 85.0 cm³/mol. The molecule has 0 saturated heterocycles. The van der Waals surface area contributed by atoms with Crippen molar-refractivity contribution >= 4 is 5.91 Å². The third-order valence-corrected chi connectivity index (χ3v) is 5.49. The van der Waals surface area contributed by atoms with Crippen molar-refractivity contribution in [3.63, 3.8) is 0 Å². The van der Waals surface area contributed by atoms with Crippen LogP contribution < -0.4 is 5.32 Å². The van der Waals surface area contributed by atoms with Crippen LogP contribution in [0.2, 0.25) is 0 Å². The normalized spacial score (nSPS) is 20.6. The Kier molecular flexibility index (Phi) is 4.90. The van der Waals surface area contributed by atoms with Gasteiger partial charge >= 0.3 is 0 Å². The third-order valence-electron chi connectivity index (χ3n) is 5.49. The van der Waals surface area contributed by atoms with Gasteiger partial charge < -0.3 is 10.4 Å². The van der Waals surface area contributed by atoms with Gasteiger partial charge in [0.25, 0.3) is 0 Å². The summed E-state index contributed by atoms with van der Waals surface area (Å²) < 4.78 is 13.5. The highest BCUT2D eigenvalue weighted by atomic mass is 19.1. The summed E-state index contributed by atoms with van der Waals surface area (Å²) in [6, 6.07) is 6.35. The van der Waals surface area contributed by atoms with Gasteiger partial charge in [-0.2, -0.15) is 0 Å². The van der Waals surface area contributed by atoms with E-state index in [1.54, 1.807) is 13.0 Å². The number of halogens is 1. The van der Waals surface area contributed by atoms with Crippen LogP contribution in [0.5, 0.6) is 0 Å². The highest BCUT2D eigenvalue weighted by Gasteiger charge is 2.46. The first-order valence-electron chi connectivity index (χ1n) is 8.06. The lowest BCUT2D eigenvalue weighted by Gasteiger charge is -2.42. The first kappa shape index (κ1) is 16.9. The minimum atomic E-state index is -0.602. The molecule has 1 aliphatic carbocycles. The number of carbonyl (C=O) groups is 1. The fourth-order valence-electron chi connectivity index (χ4n) is 2.98. The number of carbonyl (C=O) groups excluding carboxylic acids is 1. The topological polar surface area (TPSA) is 49.3 Å². The first-order chi connectivity index (χ1) is 10.3. The van der Waals surface area contributed by atoms with Crippen molar-refractivity contribution in [1.29, 1.82) is 0 Å². The van der Waals surface area contributed by atoms with E-state index in [4.69, 9.17) is 0 Å². The molecule has 0 bridgehead atoms. The molecule has 4 heteroatoms. The maximum atomic E-state index is 13.5. The van der Waals surface area contributed by atoms with E-state index in [9.17, 15) is 14.3 Å². The molecule has 1 saturated carbocycles. The molecule has 0 radical (unpaired) electrons. The lowest BCUT2D eigenvalue weighted by atomic mass is 9.63. The van der Waals surface area contributed by atoms with E-state index >= 15 is 0 Å². The molecule has 0 aromatic heterocycles. The van der Waals surface area contributed by atoms with Gasteiger partial charge in [0.1, 0.15) is 5.82 Å². The van der Waals surface area contributed by atoms with Gasteiger partial charge in [-0.1, -0.05) is 32.4 Å². The van der Waals surface area contributed by atoms with Crippen LogP contribution in [0.15, 0.2) is 24.3 Å². The zero-order valence-electron chi connectivity index (χ0n) is 13.7. The van der Waals surface area contributed by atoms with Gasteiger partial charge in [-0.15, -0.1) is 0 Å². The summed E-state index contributed by atoms with van der Waals surface area (Å²) in [6.07, 6.45) is 2.76. The minimum Gasteiger partial charge on any atom is -0.393 e. The lowest BCUT2D eigenvalue weighted by Crippen LogP contribution is -2.52. The van der Waals surface area contributed by atoms with E-state index < -0.39 is 11.5 Å². The van der Waals surface area contributed by atoms with Crippen molar-refractivity contribution in [2.24, 2.45) is 5.41 Å². The van der Waals surface area contributed by atoms with E-state index in [1.807, 2.05) is 19.9 Å². The second-order valence-electron chi connectivity index (χ2n) is 6.81. The van der Waals surface area contributed by atoms with Crippen molar-refractivity contribution in [1.82, 2.24) is 5.32 Å². The standard InChI is InChI=1S/C18H26FNO2/c1-4-17(3,13(2)21)12-20-16(22)18(9-6-10-18)14-7-5-8-15(19)11-14/h5,7-8,11,13,21H,4,6,9-10,12H2,1-3H3,(H,20,22). The van der Waals surface area contributed by atoms with E-state index in [2.05, 4.69) is 5.32 Å². The van der Waals surface area contributed by atoms with Gasteiger partial charge in [0.05, 0.1) is 11.5 Å². The summed E-state index contributed by atoms with van der Waals surface area (Å²) >= 11 is 0. The second-order valence-corrected chi connectivity index (χ2v) is 6.81. The lowest BCUT2D eigenvalue weighted by molar-refractivity contribution is -0.130. The Labute approximate surface area is 131 Å². The van der Waals surface area contributed by atoms with Gasteiger partial charge in [-0.05, 0) is 43.9 Å². The molecule has 2 rings (SSSR count). The number of benzene rings is 1. The van der Waals surface area contributed by atoms with E-state index in [-0.39, 0.29) is 17.1 Å². The predicted octanol–water partition coefficient (Wildman–Crippen LogP) is 3.16. The smallest absolute Gasteiger partial charge is 0.230 e. The van der Waals surface area contributed by atoms with E-state index in [1.165, 1.54) is 12.1 Å². The van der Waals surface area contributed by atoms with Crippen LogP contribution in [0.4, 0.5) is 4.39 Å². The number of aliphatic hydroxyl groups is 1. The average Bonchev–Trinajstić information content (AvgIpc) is 2.43. The molecule has 2 N–H and O–H groups in total. The zero-order chi connectivity index (χ0) is 16.4. The Morgan fingerprint density at radius 1 is 1.50 bits per heavy atom. The molecule has 22 heavy (non-hydrogen) atoms. The summed E-state index contributed by atoms with van der Waals surface area (Å²) in [4.78, 5) is 12.7. The molecule has 3 nitrogen and oxygen atoms in total. The molecule has 0 spiro atoms. The maximum Gasteiger partial charge on any atom is 0.230 e. The largest absolute Gasteiger partial charge is 0.393 e. The SMILES string of the molecule is CCC(C)(CNC(=O)C1(c2cccc(F)c2)CCC1)C(C)O. The molecule has 122 valence electrons. The van der Waals surface area contributed by atoms with Gasteiger partial charge in [-0.3, -0.25) is 4.79 Å². The molecule has 1 aliphatic rings. The zero-order valence-corrected chi connectivity index (χ0v) is 13.7. The van der Waals surface area contributed by atoms with E-state index in [0.717, 1.165) is 31.2 Å². The molecule has 0 heterocycles. The highest BCUT2D eigenvalue weighted by molar-refractivity contribution is 5.89. The Hall–Kier alpha value is -1.42. The quantitative estimate of drug-likeness (QED) is 0.848. The minimum absolute atomic E-state index is 0.0512. The Morgan fingerprint density at radius 3 is 2.64 bits per heavy atom. The van der Waals surface area contributed by atoms with Crippen LogP contribution in [0.3, 0.4) is 0 Å². The summed E-state index contributed by atoms with van der Waals surface area (Å²) in [6.45, 7) is 6.15. The van der Waals surface area contributed by atoms with Crippen LogP contribution in [0.25, 0.3) is 0 Å². The number of amides is 1. The molecule has 0 aliphatic heterocycles. The van der Waals surface area contributed by atoms with Gasteiger partial charge in [0.2, 0.25) is 5.91 Å². The first-order valence-corrected chi connectivity index (χ1v) is 8.06. The van der Waals surface area contributed by atoms with Crippen molar-refractivity contribution < 1.29 is 14.3 Å². The number of nitrogens with one attached hydrogen (secondary N) is 1. The second kappa shape index (κ2) is 6.37. The van der Waals surface area contributed by atoms with E-state index in [0.29, 0.717) is 6.54 Å². The van der Waals surface area contributed by atoms with Crippen LogP contribution in [-0.2, 0) is 10.2 Å². The maximum absolute atomic E-state index is 13.5. The molecule has 1 aromatic rings. The Bertz CT molecular complexity index is 540. The molecule has 2 atom stereocenters. The number of aliphatic hydroxyl groups excluding tert-OH is 1. The summed E-state index contributed by atoms with van der Waals surface area (Å²) in [5.74, 6) is -0.358. The summed E-state index contributed by atoms with van der Waals surface area (Å²) in [5.41, 5.74) is -0.190. The monoisotopic (exact) mass is 307 g/mol. The molecule has 2 unspecified atom stereocenters. The van der Waals surface area contributed by atoms with Crippen molar-refractivity contribution in [3.8, 4) is 0 Å². The van der Waals surface area contributed by atoms with Crippen LogP contribution in [0.1, 0.15) is 52.0 Å². The number of rotatable bonds is 6. The molecular weight excluding hydrogens is 281 g/mol.